The first-order valence-corrected chi connectivity index (χ1v) is 5.57. The van der Waals surface area contributed by atoms with Gasteiger partial charge in [0.15, 0.2) is 5.82 Å². The molecule has 2 aromatic rings. The Morgan fingerprint density at radius 3 is 3.00 bits per heavy atom. The highest BCUT2D eigenvalue weighted by Gasteiger charge is 2.05. The average Bonchev–Trinajstić information content (AvgIpc) is 2.41. The Morgan fingerprint density at radius 2 is 2.22 bits per heavy atom. The van der Waals surface area contributed by atoms with Crippen LogP contribution in [0.1, 0.15) is 11.1 Å². The summed E-state index contributed by atoms with van der Waals surface area (Å²) in [4.78, 5) is 7.77. The third-order valence-electron chi connectivity index (χ3n) is 2.33. The molecule has 2 rings (SSSR count). The van der Waals surface area contributed by atoms with E-state index in [1.54, 1.807) is 12.1 Å². The molecule has 0 saturated carbocycles. The summed E-state index contributed by atoms with van der Waals surface area (Å²) in [7, 11) is 0. The molecule has 0 bridgehead atoms. The lowest BCUT2D eigenvalue weighted by atomic mass is 10.1. The van der Waals surface area contributed by atoms with Crippen molar-refractivity contribution in [3.63, 3.8) is 0 Å². The molecule has 0 unspecified atom stereocenters. The SMILES string of the molecule is N#Cc1cccc(CNc2ncnc(N)c2Cl)c1. The number of rotatable bonds is 3. The van der Waals surface area contributed by atoms with Crippen LogP contribution in [-0.4, -0.2) is 9.97 Å². The molecule has 0 spiro atoms. The van der Waals surface area contributed by atoms with Crippen molar-refractivity contribution in [2.45, 2.75) is 6.54 Å². The molecule has 0 atom stereocenters. The van der Waals surface area contributed by atoms with Gasteiger partial charge in [-0.25, -0.2) is 9.97 Å². The van der Waals surface area contributed by atoms with Crippen LogP contribution in [0.2, 0.25) is 5.02 Å². The van der Waals surface area contributed by atoms with Crippen LogP contribution < -0.4 is 11.1 Å². The van der Waals surface area contributed by atoms with Gasteiger partial charge in [0.25, 0.3) is 0 Å². The fraction of sp³-hybridized carbons (Fsp3) is 0.0833. The molecule has 0 amide bonds. The maximum Gasteiger partial charge on any atom is 0.150 e. The summed E-state index contributed by atoms with van der Waals surface area (Å²) in [5.41, 5.74) is 7.14. The lowest BCUT2D eigenvalue weighted by Crippen LogP contribution is -2.04. The minimum atomic E-state index is 0.236. The highest BCUT2D eigenvalue weighted by atomic mass is 35.5. The predicted octanol–water partition coefficient (Wildman–Crippen LogP) is 2.20. The molecule has 0 saturated heterocycles. The summed E-state index contributed by atoms with van der Waals surface area (Å²) in [6.45, 7) is 0.506. The molecule has 1 heterocycles. The van der Waals surface area contributed by atoms with Crippen LogP contribution in [-0.2, 0) is 6.54 Å². The summed E-state index contributed by atoms with van der Waals surface area (Å²) in [5, 5.41) is 12.1. The van der Waals surface area contributed by atoms with Crippen molar-refractivity contribution in [2.75, 3.05) is 11.1 Å². The normalized spacial score (nSPS) is 9.78. The topological polar surface area (TPSA) is 87.6 Å². The third-order valence-corrected chi connectivity index (χ3v) is 2.71. The van der Waals surface area contributed by atoms with Gasteiger partial charge in [0.2, 0.25) is 0 Å². The van der Waals surface area contributed by atoms with Gasteiger partial charge in [-0.1, -0.05) is 23.7 Å². The molecule has 1 aromatic carbocycles. The summed E-state index contributed by atoms with van der Waals surface area (Å²) >= 11 is 5.95. The zero-order valence-corrected chi connectivity index (χ0v) is 10.1. The van der Waals surface area contributed by atoms with Crippen molar-refractivity contribution in [2.24, 2.45) is 0 Å². The van der Waals surface area contributed by atoms with Gasteiger partial charge in [-0.15, -0.1) is 0 Å². The van der Waals surface area contributed by atoms with E-state index >= 15 is 0 Å². The second-order valence-electron chi connectivity index (χ2n) is 3.59. The van der Waals surface area contributed by atoms with Crippen molar-refractivity contribution in [1.82, 2.24) is 9.97 Å². The number of anilines is 2. The van der Waals surface area contributed by atoms with Gasteiger partial charge >= 0.3 is 0 Å². The molecule has 0 radical (unpaired) electrons. The third kappa shape index (κ3) is 2.67. The van der Waals surface area contributed by atoms with E-state index in [1.165, 1.54) is 6.33 Å². The number of halogens is 1. The quantitative estimate of drug-likeness (QED) is 0.882. The molecule has 0 aliphatic heterocycles. The number of aromatic nitrogens is 2. The highest BCUT2D eigenvalue weighted by Crippen LogP contribution is 2.23. The second-order valence-corrected chi connectivity index (χ2v) is 3.97. The molecular formula is C12H10ClN5. The van der Waals surface area contributed by atoms with E-state index in [0.29, 0.717) is 22.9 Å². The van der Waals surface area contributed by atoms with Crippen molar-refractivity contribution < 1.29 is 0 Å². The minimum absolute atomic E-state index is 0.236. The molecule has 5 nitrogen and oxygen atoms in total. The van der Waals surface area contributed by atoms with Crippen LogP contribution in [0.15, 0.2) is 30.6 Å². The first kappa shape index (κ1) is 12.1. The van der Waals surface area contributed by atoms with Crippen molar-refractivity contribution in [3.05, 3.63) is 46.7 Å². The van der Waals surface area contributed by atoms with Crippen LogP contribution in [0.3, 0.4) is 0 Å². The number of nitrogens with zero attached hydrogens (tertiary/aromatic N) is 3. The summed E-state index contributed by atoms with van der Waals surface area (Å²) in [6, 6.07) is 9.37. The fourth-order valence-corrected chi connectivity index (χ4v) is 1.61. The number of benzene rings is 1. The molecule has 0 fully saturated rings. The number of hydrogen-bond acceptors (Lipinski definition) is 5. The number of nitrogens with one attached hydrogen (secondary N) is 1. The van der Waals surface area contributed by atoms with Crippen molar-refractivity contribution >= 4 is 23.2 Å². The van der Waals surface area contributed by atoms with Gasteiger partial charge in [0.1, 0.15) is 17.2 Å². The van der Waals surface area contributed by atoms with Gasteiger partial charge in [-0.3, -0.25) is 0 Å². The standard InChI is InChI=1S/C12H10ClN5/c13-10-11(15)17-7-18-12(10)16-6-9-3-1-2-8(4-9)5-14/h1-4,7H,6H2,(H3,15,16,17,18). The van der Waals surface area contributed by atoms with E-state index in [9.17, 15) is 0 Å². The van der Waals surface area contributed by atoms with Gasteiger partial charge in [0.05, 0.1) is 11.6 Å². The van der Waals surface area contributed by atoms with E-state index in [1.807, 2.05) is 12.1 Å². The number of nitrogen functional groups attached to an aromatic ring is 1. The van der Waals surface area contributed by atoms with Crippen molar-refractivity contribution in [3.8, 4) is 6.07 Å². The van der Waals surface area contributed by atoms with Crippen LogP contribution in [0.4, 0.5) is 11.6 Å². The zero-order chi connectivity index (χ0) is 13.0. The predicted molar refractivity (Wildman–Crippen MR) is 69.9 cm³/mol. The molecule has 0 aliphatic rings. The van der Waals surface area contributed by atoms with Crippen LogP contribution in [0.5, 0.6) is 0 Å². The molecule has 1 aromatic heterocycles. The lowest BCUT2D eigenvalue weighted by molar-refractivity contribution is 1.08. The Kier molecular flexibility index (Phi) is 3.60. The molecule has 0 aliphatic carbocycles. The average molecular weight is 260 g/mol. The maximum absolute atomic E-state index is 8.80. The number of nitriles is 1. The second kappa shape index (κ2) is 5.34. The fourth-order valence-electron chi connectivity index (χ4n) is 1.44. The van der Waals surface area contributed by atoms with E-state index in [-0.39, 0.29) is 5.82 Å². The van der Waals surface area contributed by atoms with Gasteiger partial charge in [-0.05, 0) is 17.7 Å². The largest absolute Gasteiger partial charge is 0.382 e. The Morgan fingerprint density at radius 1 is 1.39 bits per heavy atom. The first-order valence-electron chi connectivity index (χ1n) is 5.19. The van der Waals surface area contributed by atoms with E-state index in [2.05, 4.69) is 21.4 Å². The Bertz CT molecular complexity index is 606. The monoisotopic (exact) mass is 259 g/mol. The van der Waals surface area contributed by atoms with Crippen molar-refractivity contribution in [1.29, 1.82) is 5.26 Å². The molecular weight excluding hydrogens is 250 g/mol. The van der Waals surface area contributed by atoms with Gasteiger partial charge in [0, 0.05) is 6.54 Å². The molecule has 6 heteroatoms. The maximum atomic E-state index is 8.80. The Balaban J connectivity index is 2.12. The molecule has 3 N–H and O–H groups in total. The highest BCUT2D eigenvalue weighted by molar-refractivity contribution is 6.35. The number of hydrogen-bond donors (Lipinski definition) is 2. The number of nitrogens with two attached hydrogens (primary N) is 1. The minimum Gasteiger partial charge on any atom is -0.382 e. The Labute approximate surface area is 109 Å². The summed E-state index contributed by atoms with van der Waals surface area (Å²) in [5.74, 6) is 0.714. The molecule has 18 heavy (non-hydrogen) atoms. The van der Waals surface area contributed by atoms with Gasteiger partial charge < -0.3 is 11.1 Å². The van der Waals surface area contributed by atoms with Gasteiger partial charge in [-0.2, -0.15) is 5.26 Å². The zero-order valence-electron chi connectivity index (χ0n) is 9.39. The smallest absolute Gasteiger partial charge is 0.150 e. The Hall–Kier alpha value is -2.32. The lowest BCUT2D eigenvalue weighted by Gasteiger charge is -2.08. The van der Waals surface area contributed by atoms with Crippen LogP contribution in [0, 0.1) is 11.3 Å². The summed E-state index contributed by atoms with van der Waals surface area (Å²) < 4.78 is 0. The first-order chi connectivity index (χ1) is 8.70. The summed E-state index contributed by atoms with van der Waals surface area (Å²) in [6.07, 6.45) is 1.34. The van der Waals surface area contributed by atoms with Crippen LogP contribution >= 0.6 is 11.6 Å². The van der Waals surface area contributed by atoms with E-state index in [4.69, 9.17) is 22.6 Å². The molecule has 90 valence electrons. The van der Waals surface area contributed by atoms with E-state index < -0.39 is 0 Å². The van der Waals surface area contributed by atoms with Crippen LogP contribution in [0.25, 0.3) is 0 Å². The van der Waals surface area contributed by atoms with E-state index in [0.717, 1.165) is 5.56 Å².